The van der Waals surface area contributed by atoms with Crippen molar-refractivity contribution in [3.8, 4) is 6.07 Å². The molecule has 5 heteroatoms. The third-order valence-corrected chi connectivity index (χ3v) is 3.40. The fourth-order valence-corrected chi connectivity index (χ4v) is 2.28. The highest BCUT2D eigenvalue weighted by Crippen LogP contribution is 2.26. The van der Waals surface area contributed by atoms with E-state index in [1.54, 1.807) is 32.1 Å². The first-order valence-electron chi connectivity index (χ1n) is 6.85. The van der Waals surface area contributed by atoms with Gasteiger partial charge in [0.2, 0.25) is 0 Å². The van der Waals surface area contributed by atoms with Crippen LogP contribution in [0.15, 0.2) is 53.3 Å². The Morgan fingerprint density at radius 2 is 1.82 bits per heavy atom. The molecule has 1 aromatic rings. The highest BCUT2D eigenvalue weighted by molar-refractivity contribution is 6.17. The summed E-state index contributed by atoms with van der Waals surface area (Å²) in [5.41, 5.74) is 1.65. The van der Waals surface area contributed by atoms with E-state index in [0.717, 1.165) is 10.5 Å². The van der Waals surface area contributed by atoms with Gasteiger partial charge in [0.1, 0.15) is 11.6 Å². The van der Waals surface area contributed by atoms with Crippen LogP contribution in [-0.4, -0.2) is 35.7 Å². The molecule has 0 saturated heterocycles. The minimum absolute atomic E-state index is 0.0173. The maximum atomic E-state index is 12.6. The van der Waals surface area contributed by atoms with Gasteiger partial charge in [0.05, 0.1) is 12.1 Å². The Hall–Kier alpha value is -2.87. The first-order chi connectivity index (χ1) is 10.5. The van der Waals surface area contributed by atoms with Crippen molar-refractivity contribution in [2.45, 2.75) is 13.5 Å². The van der Waals surface area contributed by atoms with Gasteiger partial charge in [-0.25, -0.2) is 0 Å². The third kappa shape index (κ3) is 2.91. The molecule has 0 saturated carbocycles. The van der Waals surface area contributed by atoms with Gasteiger partial charge >= 0.3 is 0 Å². The molecular weight excluding hydrogens is 278 g/mol. The summed E-state index contributed by atoms with van der Waals surface area (Å²) in [5, 5.41) is 9.25. The van der Waals surface area contributed by atoms with Crippen LogP contribution in [0.1, 0.15) is 12.5 Å². The van der Waals surface area contributed by atoms with Gasteiger partial charge in [-0.05, 0) is 18.1 Å². The van der Waals surface area contributed by atoms with E-state index in [1.807, 2.05) is 36.4 Å². The number of carbonyl (C=O) groups excluding carboxylic acids is 2. The first-order valence-corrected chi connectivity index (χ1v) is 6.85. The molecule has 0 bridgehead atoms. The van der Waals surface area contributed by atoms with Crippen molar-refractivity contribution in [2.24, 2.45) is 0 Å². The maximum absolute atomic E-state index is 12.6. The summed E-state index contributed by atoms with van der Waals surface area (Å²) >= 11 is 0. The Morgan fingerprint density at radius 3 is 2.36 bits per heavy atom. The lowest BCUT2D eigenvalue weighted by atomic mass is 9.95. The van der Waals surface area contributed by atoms with E-state index in [-0.39, 0.29) is 18.0 Å². The predicted octanol–water partition coefficient (Wildman–Crippen LogP) is 1.84. The van der Waals surface area contributed by atoms with E-state index in [0.29, 0.717) is 11.1 Å². The lowest BCUT2D eigenvalue weighted by Gasteiger charge is -2.28. The van der Waals surface area contributed by atoms with E-state index in [1.165, 1.54) is 0 Å². The van der Waals surface area contributed by atoms with Gasteiger partial charge < -0.3 is 4.90 Å². The number of amides is 2. The van der Waals surface area contributed by atoms with E-state index < -0.39 is 5.91 Å². The van der Waals surface area contributed by atoms with Gasteiger partial charge in [-0.1, -0.05) is 30.3 Å². The summed E-state index contributed by atoms with van der Waals surface area (Å²) in [6.07, 6.45) is 1.64. The number of hydrogen-bond acceptors (Lipinski definition) is 4. The third-order valence-electron chi connectivity index (χ3n) is 3.40. The molecule has 0 aromatic heterocycles. The number of nitrogens with zero attached hydrogens (tertiary/aromatic N) is 3. The molecule has 1 aliphatic heterocycles. The zero-order valence-electron chi connectivity index (χ0n) is 12.8. The van der Waals surface area contributed by atoms with Crippen molar-refractivity contribution in [3.63, 3.8) is 0 Å². The second-order valence-electron chi connectivity index (χ2n) is 5.30. The topological polar surface area (TPSA) is 64.4 Å². The molecule has 22 heavy (non-hydrogen) atoms. The van der Waals surface area contributed by atoms with Crippen LogP contribution >= 0.6 is 0 Å². The van der Waals surface area contributed by atoms with E-state index in [2.05, 4.69) is 0 Å². The van der Waals surface area contributed by atoms with Crippen LogP contribution in [0, 0.1) is 11.3 Å². The van der Waals surface area contributed by atoms with Crippen molar-refractivity contribution in [1.29, 1.82) is 5.26 Å². The van der Waals surface area contributed by atoms with Crippen molar-refractivity contribution in [3.05, 3.63) is 58.8 Å². The molecule has 1 heterocycles. The van der Waals surface area contributed by atoms with Gasteiger partial charge in [0.25, 0.3) is 11.8 Å². The predicted molar refractivity (Wildman–Crippen MR) is 82.1 cm³/mol. The van der Waals surface area contributed by atoms with Gasteiger partial charge in [0.15, 0.2) is 0 Å². The second kappa shape index (κ2) is 6.27. The van der Waals surface area contributed by atoms with E-state index in [4.69, 9.17) is 0 Å². The van der Waals surface area contributed by atoms with Gasteiger partial charge in [-0.15, -0.1) is 0 Å². The van der Waals surface area contributed by atoms with Crippen molar-refractivity contribution in [2.75, 3.05) is 14.1 Å². The summed E-state index contributed by atoms with van der Waals surface area (Å²) in [6, 6.07) is 11.2. The molecule has 0 aliphatic carbocycles. The van der Waals surface area contributed by atoms with Gasteiger partial charge in [-0.3, -0.25) is 14.5 Å². The summed E-state index contributed by atoms with van der Waals surface area (Å²) in [6.45, 7) is 1.78. The number of hydrogen-bond donors (Lipinski definition) is 0. The molecule has 2 amide bonds. The quantitative estimate of drug-likeness (QED) is 0.630. The molecular formula is C17H17N3O2. The Morgan fingerprint density at radius 1 is 1.18 bits per heavy atom. The average molecular weight is 295 g/mol. The highest BCUT2D eigenvalue weighted by atomic mass is 16.2. The van der Waals surface area contributed by atoms with Crippen LogP contribution in [-0.2, 0) is 16.1 Å². The number of benzene rings is 1. The minimum atomic E-state index is -0.537. The summed E-state index contributed by atoms with van der Waals surface area (Å²) in [4.78, 5) is 27.9. The SMILES string of the molecule is CC1=C(C#N)C(=O)N(Cc2ccccc2)C(=O)C1=CN(C)C. The molecule has 5 nitrogen and oxygen atoms in total. The highest BCUT2D eigenvalue weighted by Gasteiger charge is 2.35. The van der Waals surface area contributed by atoms with Crippen molar-refractivity contribution >= 4 is 11.8 Å². The Kier molecular flexibility index (Phi) is 4.42. The second-order valence-corrected chi connectivity index (χ2v) is 5.30. The molecule has 0 spiro atoms. The molecule has 1 aliphatic rings. The van der Waals surface area contributed by atoms with Crippen molar-refractivity contribution < 1.29 is 9.59 Å². The van der Waals surface area contributed by atoms with Gasteiger partial charge in [0, 0.05) is 20.3 Å². The lowest BCUT2D eigenvalue weighted by Crippen LogP contribution is -2.42. The summed E-state index contributed by atoms with van der Waals surface area (Å²) in [5.74, 6) is -0.913. The van der Waals surface area contributed by atoms with Crippen LogP contribution in [0.3, 0.4) is 0 Å². The van der Waals surface area contributed by atoms with Crippen LogP contribution in [0.2, 0.25) is 0 Å². The molecule has 0 N–H and O–H groups in total. The normalized spacial score (nSPS) is 17.0. The van der Waals surface area contributed by atoms with Crippen LogP contribution in [0.25, 0.3) is 0 Å². The molecule has 1 aromatic carbocycles. The number of imide groups is 1. The van der Waals surface area contributed by atoms with E-state index in [9.17, 15) is 14.9 Å². The van der Waals surface area contributed by atoms with Crippen LogP contribution < -0.4 is 0 Å². The summed E-state index contributed by atoms with van der Waals surface area (Å²) in [7, 11) is 3.58. The largest absolute Gasteiger partial charge is 0.383 e. The minimum Gasteiger partial charge on any atom is -0.383 e. The Bertz CT molecular complexity index is 709. The maximum Gasteiger partial charge on any atom is 0.271 e. The molecule has 0 unspecified atom stereocenters. The van der Waals surface area contributed by atoms with Gasteiger partial charge in [-0.2, -0.15) is 5.26 Å². The fraction of sp³-hybridized carbons (Fsp3) is 0.235. The Labute approximate surface area is 129 Å². The molecule has 0 atom stereocenters. The molecule has 112 valence electrons. The van der Waals surface area contributed by atoms with Crippen LogP contribution in [0.5, 0.6) is 0 Å². The zero-order chi connectivity index (χ0) is 16.3. The molecule has 0 radical (unpaired) electrons. The number of rotatable bonds is 3. The molecule has 2 rings (SSSR count). The zero-order valence-corrected chi connectivity index (χ0v) is 12.8. The van der Waals surface area contributed by atoms with Crippen LogP contribution in [0.4, 0.5) is 0 Å². The summed E-state index contributed by atoms with van der Waals surface area (Å²) < 4.78 is 0. The van der Waals surface area contributed by atoms with E-state index >= 15 is 0 Å². The number of nitriles is 1. The lowest BCUT2D eigenvalue weighted by molar-refractivity contribution is -0.141. The monoisotopic (exact) mass is 295 g/mol. The molecule has 0 fully saturated rings. The van der Waals surface area contributed by atoms with Crippen molar-refractivity contribution in [1.82, 2.24) is 9.80 Å². The first kappa shape index (κ1) is 15.5. The fourth-order valence-electron chi connectivity index (χ4n) is 2.28. The standard InChI is InChI=1S/C17H17N3O2/c1-12-14(9-18)16(21)20(10-13-7-5-4-6-8-13)17(22)15(12)11-19(2)3/h4-8,11H,10H2,1-3H3. The Balaban J connectivity index is 2.46. The average Bonchev–Trinajstić information content (AvgIpc) is 2.49. The number of carbonyl (C=O) groups is 2. The smallest absolute Gasteiger partial charge is 0.271 e.